The highest BCUT2D eigenvalue weighted by Crippen LogP contribution is 2.14. The highest BCUT2D eigenvalue weighted by molar-refractivity contribution is 5.57. The smallest absolute Gasteiger partial charge is 0.101 e. The molecular weight excluding hydrogens is 200 g/mol. The van der Waals surface area contributed by atoms with Gasteiger partial charge in [0.15, 0.2) is 0 Å². The van der Waals surface area contributed by atoms with Crippen LogP contribution in [0.2, 0.25) is 0 Å². The van der Waals surface area contributed by atoms with Crippen molar-refractivity contribution in [3.8, 4) is 6.07 Å². The normalized spacial score (nSPS) is 9.75. The van der Waals surface area contributed by atoms with Gasteiger partial charge in [0.05, 0.1) is 23.5 Å². The van der Waals surface area contributed by atoms with Crippen LogP contribution < -0.4 is 5.32 Å². The summed E-state index contributed by atoms with van der Waals surface area (Å²) >= 11 is 0. The van der Waals surface area contributed by atoms with Crippen molar-refractivity contribution >= 4 is 5.69 Å². The van der Waals surface area contributed by atoms with Gasteiger partial charge >= 0.3 is 0 Å². The topological polar surface area (TPSA) is 53.6 Å². The molecule has 1 heterocycles. The summed E-state index contributed by atoms with van der Waals surface area (Å²) in [5, 5.41) is 16.4. The van der Waals surface area contributed by atoms with Crippen LogP contribution in [0, 0.1) is 11.3 Å². The van der Waals surface area contributed by atoms with Crippen molar-refractivity contribution in [1.82, 2.24) is 9.78 Å². The predicted molar refractivity (Wildman–Crippen MR) is 61.7 cm³/mol. The first-order valence-electron chi connectivity index (χ1n) is 5.01. The Bertz CT molecular complexity index is 522. The molecule has 0 aliphatic rings. The Morgan fingerprint density at radius 1 is 1.38 bits per heavy atom. The molecule has 1 aromatic carbocycles. The third-order valence-corrected chi connectivity index (χ3v) is 2.28. The molecule has 2 aromatic rings. The first-order valence-corrected chi connectivity index (χ1v) is 5.01. The number of nitrogens with one attached hydrogen (secondary N) is 1. The SMILES string of the molecule is Cn1ccc(CNc2ccccc2C#N)n1. The van der Waals surface area contributed by atoms with Crippen LogP contribution >= 0.6 is 0 Å². The lowest BCUT2D eigenvalue weighted by Gasteiger charge is -2.05. The maximum atomic E-state index is 8.91. The second-order valence-electron chi connectivity index (χ2n) is 3.49. The number of benzene rings is 1. The molecule has 0 saturated heterocycles. The molecule has 80 valence electrons. The van der Waals surface area contributed by atoms with Crippen LogP contribution in [0.5, 0.6) is 0 Å². The van der Waals surface area contributed by atoms with Crippen molar-refractivity contribution in [3.63, 3.8) is 0 Å². The lowest BCUT2D eigenvalue weighted by Crippen LogP contribution is -2.02. The van der Waals surface area contributed by atoms with Crippen LogP contribution in [-0.2, 0) is 13.6 Å². The van der Waals surface area contributed by atoms with E-state index in [0.29, 0.717) is 12.1 Å². The minimum Gasteiger partial charge on any atom is -0.378 e. The van der Waals surface area contributed by atoms with Crippen LogP contribution in [0.25, 0.3) is 0 Å². The van der Waals surface area contributed by atoms with Gasteiger partial charge in [-0.25, -0.2) is 0 Å². The van der Waals surface area contributed by atoms with E-state index in [1.807, 2.05) is 37.5 Å². The molecule has 16 heavy (non-hydrogen) atoms. The van der Waals surface area contributed by atoms with Gasteiger partial charge in [-0.15, -0.1) is 0 Å². The van der Waals surface area contributed by atoms with E-state index in [0.717, 1.165) is 11.4 Å². The van der Waals surface area contributed by atoms with Gasteiger partial charge in [0.25, 0.3) is 0 Å². The number of rotatable bonds is 3. The van der Waals surface area contributed by atoms with Gasteiger partial charge in [0, 0.05) is 13.2 Å². The van der Waals surface area contributed by atoms with Crippen molar-refractivity contribution in [2.45, 2.75) is 6.54 Å². The van der Waals surface area contributed by atoms with E-state index in [-0.39, 0.29) is 0 Å². The molecule has 0 aliphatic heterocycles. The Balaban J connectivity index is 2.08. The van der Waals surface area contributed by atoms with E-state index in [1.54, 1.807) is 10.7 Å². The minimum absolute atomic E-state index is 0.625. The molecule has 0 aliphatic carbocycles. The first kappa shape index (κ1) is 10.2. The molecular formula is C12H12N4. The fourth-order valence-electron chi connectivity index (χ4n) is 1.48. The summed E-state index contributed by atoms with van der Waals surface area (Å²) in [7, 11) is 1.88. The maximum absolute atomic E-state index is 8.91. The summed E-state index contributed by atoms with van der Waals surface area (Å²) in [6, 6.07) is 11.5. The number of aryl methyl sites for hydroxylation is 1. The number of hydrogen-bond acceptors (Lipinski definition) is 3. The molecule has 0 bridgehead atoms. The summed E-state index contributed by atoms with van der Waals surface area (Å²) in [6.07, 6.45) is 1.90. The van der Waals surface area contributed by atoms with Gasteiger partial charge in [-0.1, -0.05) is 12.1 Å². The van der Waals surface area contributed by atoms with E-state index in [9.17, 15) is 0 Å². The van der Waals surface area contributed by atoms with Gasteiger partial charge in [-0.3, -0.25) is 4.68 Å². The maximum Gasteiger partial charge on any atom is 0.101 e. The molecule has 0 atom stereocenters. The zero-order chi connectivity index (χ0) is 11.4. The molecule has 4 heteroatoms. The standard InChI is InChI=1S/C12H12N4/c1-16-7-6-11(15-16)9-14-12-5-3-2-4-10(12)8-13/h2-7,14H,9H2,1H3. The Kier molecular flexibility index (Phi) is 2.88. The predicted octanol–water partition coefficient (Wildman–Crippen LogP) is 1.90. The van der Waals surface area contributed by atoms with Crippen LogP contribution in [-0.4, -0.2) is 9.78 Å². The van der Waals surface area contributed by atoms with Gasteiger partial charge < -0.3 is 5.32 Å². The molecule has 0 fully saturated rings. The Morgan fingerprint density at radius 2 is 2.19 bits per heavy atom. The first-order chi connectivity index (χ1) is 7.79. The average Bonchev–Trinajstić information content (AvgIpc) is 2.73. The summed E-state index contributed by atoms with van der Waals surface area (Å²) in [5.74, 6) is 0. The molecule has 1 N–H and O–H groups in total. The largest absolute Gasteiger partial charge is 0.378 e. The number of anilines is 1. The van der Waals surface area contributed by atoms with Crippen LogP contribution in [0.15, 0.2) is 36.5 Å². The number of nitrogens with zero attached hydrogens (tertiary/aromatic N) is 3. The zero-order valence-corrected chi connectivity index (χ0v) is 9.01. The number of para-hydroxylation sites is 1. The quantitative estimate of drug-likeness (QED) is 0.845. The van der Waals surface area contributed by atoms with Gasteiger partial charge in [0.1, 0.15) is 6.07 Å². The fraction of sp³-hybridized carbons (Fsp3) is 0.167. The molecule has 0 amide bonds. The van der Waals surface area contributed by atoms with E-state index in [4.69, 9.17) is 5.26 Å². The highest BCUT2D eigenvalue weighted by Gasteiger charge is 2.01. The van der Waals surface area contributed by atoms with E-state index in [1.165, 1.54) is 0 Å². The lowest BCUT2D eigenvalue weighted by molar-refractivity contribution is 0.747. The molecule has 0 spiro atoms. The van der Waals surface area contributed by atoms with Crippen LogP contribution in [0.1, 0.15) is 11.3 Å². The fourth-order valence-corrected chi connectivity index (χ4v) is 1.48. The van der Waals surface area contributed by atoms with Crippen molar-refractivity contribution in [1.29, 1.82) is 5.26 Å². The summed E-state index contributed by atoms with van der Waals surface area (Å²) in [4.78, 5) is 0. The molecule has 4 nitrogen and oxygen atoms in total. The Hall–Kier alpha value is -2.28. The minimum atomic E-state index is 0.625. The summed E-state index contributed by atoms with van der Waals surface area (Å²) in [6.45, 7) is 0.625. The van der Waals surface area contributed by atoms with Gasteiger partial charge in [-0.2, -0.15) is 10.4 Å². The molecule has 0 unspecified atom stereocenters. The highest BCUT2D eigenvalue weighted by atomic mass is 15.3. The van der Waals surface area contributed by atoms with E-state index in [2.05, 4.69) is 16.5 Å². The van der Waals surface area contributed by atoms with Crippen molar-refractivity contribution < 1.29 is 0 Å². The second kappa shape index (κ2) is 4.49. The van der Waals surface area contributed by atoms with Crippen molar-refractivity contribution in [2.24, 2.45) is 7.05 Å². The lowest BCUT2D eigenvalue weighted by atomic mass is 10.2. The summed E-state index contributed by atoms with van der Waals surface area (Å²) in [5.41, 5.74) is 2.45. The van der Waals surface area contributed by atoms with E-state index < -0.39 is 0 Å². The monoisotopic (exact) mass is 212 g/mol. The number of aromatic nitrogens is 2. The van der Waals surface area contributed by atoms with Crippen molar-refractivity contribution in [3.05, 3.63) is 47.8 Å². The third kappa shape index (κ3) is 2.20. The molecule has 2 rings (SSSR count). The Morgan fingerprint density at radius 3 is 2.88 bits per heavy atom. The van der Waals surface area contributed by atoms with Crippen molar-refractivity contribution in [2.75, 3.05) is 5.32 Å². The molecule has 0 radical (unpaired) electrons. The van der Waals surface area contributed by atoms with Gasteiger partial charge in [-0.05, 0) is 18.2 Å². The van der Waals surface area contributed by atoms with Gasteiger partial charge in [0.2, 0.25) is 0 Å². The number of nitriles is 1. The molecule has 0 saturated carbocycles. The Labute approximate surface area is 94.1 Å². The van der Waals surface area contributed by atoms with E-state index >= 15 is 0 Å². The third-order valence-electron chi connectivity index (χ3n) is 2.28. The average molecular weight is 212 g/mol. The summed E-state index contributed by atoms with van der Waals surface area (Å²) < 4.78 is 1.76. The van der Waals surface area contributed by atoms with Crippen LogP contribution in [0.4, 0.5) is 5.69 Å². The zero-order valence-electron chi connectivity index (χ0n) is 9.01. The second-order valence-corrected chi connectivity index (χ2v) is 3.49. The molecule has 1 aromatic heterocycles. The van der Waals surface area contributed by atoms with Crippen LogP contribution in [0.3, 0.4) is 0 Å². The number of hydrogen-bond donors (Lipinski definition) is 1.